The lowest BCUT2D eigenvalue weighted by molar-refractivity contribution is -0.224. The Bertz CT molecular complexity index is 738. The number of aliphatic hydroxyl groups excluding tert-OH is 1. The van der Waals surface area contributed by atoms with Crippen molar-refractivity contribution in [3.63, 3.8) is 0 Å². The van der Waals surface area contributed by atoms with Gasteiger partial charge < -0.3 is 19.7 Å². The summed E-state index contributed by atoms with van der Waals surface area (Å²) in [5, 5.41) is 23.3. The van der Waals surface area contributed by atoms with Gasteiger partial charge in [-0.3, -0.25) is 9.59 Å². The summed E-state index contributed by atoms with van der Waals surface area (Å²) in [6.45, 7) is 9.11. The molecule has 0 radical (unpaired) electrons. The number of carbonyl (C=O) groups excluding carboxylic acids is 2. The van der Waals surface area contributed by atoms with Gasteiger partial charge in [-0.2, -0.15) is 0 Å². The molecule has 2 N–H and O–H groups in total. The van der Waals surface area contributed by atoms with Crippen LogP contribution in [0, 0.1) is 34.5 Å². The smallest absolute Gasteiger partial charge is 0.302 e. The summed E-state index contributed by atoms with van der Waals surface area (Å²) in [5.74, 6) is 0.745. The summed E-state index contributed by atoms with van der Waals surface area (Å²) in [6.07, 6.45) is 5.80. The predicted molar refractivity (Wildman–Crippen MR) is 115 cm³/mol. The second-order valence-corrected chi connectivity index (χ2v) is 11.5. The first kappa shape index (κ1) is 23.0. The Morgan fingerprint density at radius 3 is 2.39 bits per heavy atom. The summed E-state index contributed by atoms with van der Waals surface area (Å²) in [7, 11) is 0. The van der Waals surface area contributed by atoms with Crippen LogP contribution in [0.1, 0.15) is 86.0 Å². The summed E-state index contributed by atoms with van der Waals surface area (Å²) in [4.78, 5) is 23.0. The maximum absolute atomic E-state index is 11.7. The lowest BCUT2D eigenvalue weighted by Gasteiger charge is -2.63. The number of fused-ring (bicyclic) bond motifs is 5. The van der Waals surface area contributed by atoms with Crippen molar-refractivity contribution in [2.45, 2.75) is 110 Å². The van der Waals surface area contributed by atoms with E-state index in [1.54, 1.807) is 6.92 Å². The molecule has 0 aromatic rings. The van der Waals surface area contributed by atoms with Crippen LogP contribution < -0.4 is 0 Å². The highest BCUT2D eigenvalue weighted by Gasteiger charge is 2.68. The van der Waals surface area contributed by atoms with Crippen LogP contribution in [0.2, 0.25) is 0 Å². The fourth-order valence-electron chi connectivity index (χ4n) is 8.74. The van der Waals surface area contributed by atoms with Crippen molar-refractivity contribution in [2.24, 2.45) is 34.5 Å². The van der Waals surface area contributed by atoms with Crippen molar-refractivity contribution in [1.29, 1.82) is 0 Å². The van der Waals surface area contributed by atoms with E-state index in [4.69, 9.17) is 9.47 Å². The van der Waals surface area contributed by atoms with Gasteiger partial charge in [-0.15, -0.1) is 0 Å². The first-order valence-corrected chi connectivity index (χ1v) is 12.2. The molecule has 0 aliphatic heterocycles. The average molecular weight is 437 g/mol. The number of esters is 2. The van der Waals surface area contributed by atoms with Gasteiger partial charge in [-0.1, -0.05) is 13.8 Å². The Hall–Kier alpha value is -1.14. The molecular weight excluding hydrogens is 396 g/mol. The largest absolute Gasteiger partial charge is 0.463 e. The minimum Gasteiger partial charge on any atom is -0.463 e. The Morgan fingerprint density at radius 1 is 1.03 bits per heavy atom. The Kier molecular flexibility index (Phi) is 5.74. The van der Waals surface area contributed by atoms with Crippen LogP contribution in [-0.4, -0.2) is 46.1 Å². The van der Waals surface area contributed by atoms with Gasteiger partial charge in [0.15, 0.2) is 0 Å². The minimum absolute atomic E-state index is 0.000671. The van der Waals surface area contributed by atoms with Crippen molar-refractivity contribution in [2.75, 3.05) is 0 Å². The maximum atomic E-state index is 11.7. The van der Waals surface area contributed by atoms with E-state index in [2.05, 4.69) is 13.8 Å². The van der Waals surface area contributed by atoms with E-state index in [9.17, 15) is 19.8 Å². The molecule has 10 atom stereocenters. The molecule has 0 unspecified atom stereocenters. The summed E-state index contributed by atoms with van der Waals surface area (Å²) < 4.78 is 11.0. The van der Waals surface area contributed by atoms with Crippen LogP contribution in [-0.2, 0) is 19.1 Å². The molecular formula is C25H40O6. The number of aliphatic hydroxyl groups is 2. The van der Waals surface area contributed by atoms with Crippen molar-refractivity contribution < 1.29 is 29.3 Å². The van der Waals surface area contributed by atoms with Gasteiger partial charge in [0.2, 0.25) is 0 Å². The molecule has 4 fully saturated rings. The zero-order valence-corrected chi connectivity index (χ0v) is 19.7. The van der Waals surface area contributed by atoms with Crippen LogP contribution in [0.15, 0.2) is 0 Å². The third-order valence-corrected chi connectivity index (χ3v) is 10.1. The van der Waals surface area contributed by atoms with Crippen molar-refractivity contribution >= 4 is 11.9 Å². The van der Waals surface area contributed by atoms with E-state index in [0.29, 0.717) is 30.6 Å². The summed E-state index contributed by atoms with van der Waals surface area (Å²) in [6, 6.07) is 0. The van der Waals surface area contributed by atoms with E-state index in [-0.39, 0.29) is 29.4 Å². The number of rotatable bonds is 3. The van der Waals surface area contributed by atoms with Gasteiger partial charge in [-0.25, -0.2) is 0 Å². The van der Waals surface area contributed by atoms with Crippen LogP contribution >= 0.6 is 0 Å². The van der Waals surface area contributed by atoms with Gasteiger partial charge in [0.1, 0.15) is 17.8 Å². The molecule has 0 aromatic heterocycles. The molecule has 0 saturated heterocycles. The number of carbonyl (C=O) groups is 2. The molecule has 0 spiro atoms. The molecule has 4 rings (SSSR count). The molecule has 4 aliphatic rings. The van der Waals surface area contributed by atoms with Crippen LogP contribution in [0.5, 0.6) is 0 Å². The molecule has 6 heteroatoms. The molecule has 176 valence electrons. The highest BCUT2D eigenvalue weighted by molar-refractivity contribution is 5.66. The molecule has 0 heterocycles. The van der Waals surface area contributed by atoms with Crippen molar-refractivity contribution in [1.82, 2.24) is 0 Å². The van der Waals surface area contributed by atoms with E-state index in [1.807, 2.05) is 0 Å². The second-order valence-electron chi connectivity index (χ2n) is 11.5. The molecule has 6 nitrogen and oxygen atoms in total. The van der Waals surface area contributed by atoms with E-state index < -0.39 is 23.2 Å². The lowest BCUT2D eigenvalue weighted by atomic mass is 9.43. The average Bonchev–Trinajstić information content (AvgIpc) is 2.92. The van der Waals surface area contributed by atoms with Crippen molar-refractivity contribution in [3.05, 3.63) is 0 Å². The van der Waals surface area contributed by atoms with Crippen LogP contribution in [0.25, 0.3) is 0 Å². The van der Waals surface area contributed by atoms with Gasteiger partial charge >= 0.3 is 11.9 Å². The third kappa shape index (κ3) is 3.43. The fourth-order valence-corrected chi connectivity index (χ4v) is 8.74. The zero-order chi connectivity index (χ0) is 22.8. The highest BCUT2D eigenvalue weighted by atomic mass is 16.6. The predicted octanol–water partition coefficient (Wildman–Crippen LogP) is 3.61. The summed E-state index contributed by atoms with van der Waals surface area (Å²) >= 11 is 0. The molecule has 4 saturated carbocycles. The van der Waals surface area contributed by atoms with Crippen LogP contribution in [0.3, 0.4) is 0 Å². The van der Waals surface area contributed by atoms with Gasteiger partial charge in [0.05, 0.1) is 6.10 Å². The van der Waals surface area contributed by atoms with Gasteiger partial charge in [-0.05, 0) is 87.4 Å². The second kappa shape index (κ2) is 7.72. The fraction of sp³-hybridized carbons (Fsp3) is 0.920. The van der Waals surface area contributed by atoms with Crippen molar-refractivity contribution in [3.8, 4) is 0 Å². The topological polar surface area (TPSA) is 93.1 Å². The quantitative estimate of drug-likeness (QED) is 0.657. The Balaban J connectivity index is 1.59. The van der Waals surface area contributed by atoms with E-state index in [1.165, 1.54) is 13.8 Å². The SMILES string of the molecule is CC(=O)O[C@@H]1CC[C@@]2(C)[C@H](CC[C@@H]3[C@H]2[C@@H](O)C[C@]2(C)[C@@H]3CC[C@@]2(O)[C@@H](C)OC(C)=O)C1. The number of ether oxygens (including phenoxy) is 2. The first-order chi connectivity index (χ1) is 14.4. The molecule has 0 aromatic carbocycles. The normalized spacial score (nSPS) is 49.9. The molecule has 0 bridgehead atoms. The zero-order valence-electron chi connectivity index (χ0n) is 19.7. The summed E-state index contributed by atoms with van der Waals surface area (Å²) in [5.41, 5.74) is -1.55. The third-order valence-electron chi connectivity index (χ3n) is 10.1. The molecule has 4 aliphatic carbocycles. The highest BCUT2D eigenvalue weighted by Crippen LogP contribution is 2.68. The van der Waals surface area contributed by atoms with E-state index >= 15 is 0 Å². The Morgan fingerprint density at radius 2 is 1.74 bits per heavy atom. The van der Waals surface area contributed by atoms with Gasteiger partial charge in [0.25, 0.3) is 0 Å². The number of hydrogen-bond acceptors (Lipinski definition) is 6. The monoisotopic (exact) mass is 436 g/mol. The molecule has 31 heavy (non-hydrogen) atoms. The van der Waals surface area contributed by atoms with Gasteiger partial charge in [0, 0.05) is 19.3 Å². The van der Waals surface area contributed by atoms with Crippen LogP contribution in [0.4, 0.5) is 0 Å². The first-order valence-electron chi connectivity index (χ1n) is 12.2. The molecule has 0 amide bonds. The standard InChI is InChI=1S/C25H40O6/c1-14(30-15(2)26)25(29)11-9-20-19-7-6-17-12-18(31-16(3)27)8-10-23(17,4)22(19)21(28)13-24(20,25)5/h14,17-22,28-29H,6-13H2,1-5H3/t14-,17-,18-,19+,20-,21+,22+,23+,24-,25-/m1/s1. The van der Waals surface area contributed by atoms with E-state index in [0.717, 1.165) is 38.5 Å². The minimum atomic E-state index is -1.11. The Labute approximate surface area is 186 Å². The lowest BCUT2D eigenvalue weighted by Crippen LogP contribution is -2.63. The maximum Gasteiger partial charge on any atom is 0.302 e. The number of hydrogen-bond donors (Lipinski definition) is 2.